The van der Waals surface area contributed by atoms with Crippen LogP contribution in [-0.4, -0.2) is 38.2 Å². The van der Waals surface area contributed by atoms with Crippen molar-refractivity contribution in [3.8, 4) is 0 Å². The van der Waals surface area contributed by atoms with Crippen LogP contribution in [0, 0.1) is 11.8 Å². The molecule has 5 heteroatoms. The standard InChI is InChI=1S/C33H51NO3Si/c1-11-28(22-26-18-14-12-15-19-26)30(35)34(10)29(23-27-20-16-13-17-21-27)31(36)37-38(24-25(2)3,32(4,5)6)33(7,8)9/h12-21,25,28-29H,11,22-24H2,1-10H3/t28-,29-/m0/s1. The molecular formula is C33H51NO3Si. The van der Waals surface area contributed by atoms with Gasteiger partial charge in [-0.15, -0.1) is 0 Å². The summed E-state index contributed by atoms with van der Waals surface area (Å²) in [6.07, 6.45) is 1.80. The first-order valence-electron chi connectivity index (χ1n) is 14.2. The molecule has 4 nitrogen and oxygen atoms in total. The summed E-state index contributed by atoms with van der Waals surface area (Å²) in [5, 5.41) is -0.325. The van der Waals surface area contributed by atoms with Crippen molar-refractivity contribution in [1.29, 1.82) is 0 Å². The summed E-state index contributed by atoms with van der Waals surface area (Å²) in [6.45, 7) is 19.8. The third-order valence-electron chi connectivity index (χ3n) is 7.92. The molecule has 0 fully saturated rings. The summed E-state index contributed by atoms with van der Waals surface area (Å²) in [5.41, 5.74) is 2.15. The van der Waals surface area contributed by atoms with Gasteiger partial charge < -0.3 is 9.33 Å². The second-order valence-electron chi connectivity index (χ2n) is 13.3. The van der Waals surface area contributed by atoms with Crippen molar-refractivity contribution in [2.45, 2.75) is 104 Å². The van der Waals surface area contributed by atoms with Crippen LogP contribution >= 0.6 is 0 Å². The van der Waals surface area contributed by atoms with Crippen molar-refractivity contribution in [3.05, 3.63) is 71.8 Å². The van der Waals surface area contributed by atoms with E-state index >= 15 is 0 Å². The molecule has 0 spiro atoms. The van der Waals surface area contributed by atoms with Gasteiger partial charge in [0.1, 0.15) is 6.04 Å². The minimum Gasteiger partial charge on any atom is -0.516 e. The van der Waals surface area contributed by atoms with Crippen molar-refractivity contribution in [1.82, 2.24) is 4.90 Å². The van der Waals surface area contributed by atoms with E-state index in [4.69, 9.17) is 4.43 Å². The Morgan fingerprint density at radius 1 is 0.816 bits per heavy atom. The van der Waals surface area contributed by atoms with Crippen LogP contribution in [0.1, 0.15) is 79.9 Å². The zero-order chi connectivity index (χ0) is 28.7. The highest BCUT2D eigenvalue weighted by molar-refractivity contribution is 6.80. The average Bonchev–Trinajstić information content (AvgIpc) is 2.84. The molecule has 0 aliphatic rings. The second kappa shape index (κ2) is 13.1. The van der Waals surface area contributed by atoms with E-state index in [-0.39, 0.29) is 27.9 Å². The van der Waals surface area contributed by atoms with Gasteiger partial charge in [0.2, 0.25) is 5.91 Å². The largest absolute Gasteiger partial charge is 0.516 e. The third kappa shape index (κ3) is 7.81. The van der Waals surface area contributed by atoms with Gasteiger partial charge >= 0.3 is 5.97 Å². The monoisotopic (exact) mass is 537 g/mol. The lowest BCUT2D eigenvalue weighted by Gasteiger charge is -2.51. The van der Waals surface area contributed by atoms with Gasteiger partial charge in [0.05, 0.1) is 0 Å². The van der Waals surface area contributed by atoms with E-state index in [1.165, 1.54) is 0 Å². The average molecular weight is 538 g/mol. The number of rotatable bonds is 11. The molecule has 0 unspecified atom stereocenters. The van der Waals surface area contributed by atoms with Crippen molar-refractivity contribution in [2.24, 2.45) is 11.8 Å². The number of benzene rings is 2. The predicted molar refractivity (Wildman–Crippen MR) is 162 cm³/mol. The Labute approximate surface area is 233 Å². The van der Waals surface area contributed by atoms with Gasteiger partial charge in [-0.05, 0) is 46.0 Å². The number of nitrogens with zero attached hydrogens (tertiary/aromatic N) is 1. The third-order valence-corrected chi connectivity index (χ3v) is 14.7. The van der Waals surface area contributed by atoms with Crippen LogP contribution in [0.5, 0.6) is 0 Å². The van der Waals surface area contributed by atoms with E-state index in [0.717, 1.165) is 17.2 Å². The normalized spacial score (nSPS) is 14.2. The van der Waals surface area contributed by atoms with Gasteiger partial charge in [-0.3, -0.25) is 9.59 Å². The fourth-order valence-corrected chi connectivity index (χ4v) is 11.7. The molecule has 38 heavy (non-hydrogen) atoms. The van der Waals surface area contributed by atoms with Crippen molar-refractivity contribution < 1.29 is 14.0 Å². The summed E-state index contributed by atoms with van der Waals surface area (Å²) in [6, 6.07) is 20.3. The molecule has 0 bridgehead atoms. The molecule has 0 aliphatic carbocycles. The van der Waals surface area contributed by atoms with Crippen molar-refractivity contribution >= 4 is 20.2 Å². The maximum atomic E-state index is 14.3. The predicted octanol–water partition coefficient (Wildman–Crippen LogP) is 8.07. The van der Waals surface area contributed by atoms with Gasteiger partial charge in [0, 0.05) is 19.4 Å². The molecule has 0 radical (unpaired) electrons. The molecular weight excluding hydrogens is 486 g/mol. The smallest absolute Gasteiger partial charge is 0.315 e. The SMILES string of the molecule is CC[C@@H](Cc1ccccc1)C(=O)N(C)[C@@H](Cc1ccccc1)C(=O)O[Si](CC(C)C)(C(C)(C)C)C(C)(C)C. The summed E-state index contributed by atoms with van der Waals surface area (Å²) in [4.78, 5) is 29.8. The number of carbonyl (C=O) groups is 2. The Morgan fingerprint density at radius 2 is 1.26 bits per heavy atom. The molecule has 2 atom stereocenters. The minimum absolute atomic E-state index is 0.00289. The number of carbonyl (C=O) groups excluding carboxylic acids is 2. The van der Waals surface area contributed by atoms with Crippen LogP contribution in [-0.2, 0) is 26.9 Å². The van der Waals surface area contributed by atoms with Crippen LogP contribution in [0.25, 0.3) is 0 Å². The molecule has 0 N–H and O–H groups in total. The number of amides is 1. The van der Waals surface area contributed by atoms with E-state index in [1.54, 1.807) is 11.9 Å². The first-order chi connectivity index (χ1) is 17.6. The summed E-state index contributed by atoms with van der Waals surface area (Å²) >= 11 is 0. The molecule has 0 saturated carbocycles. The first-order valence-corrected chi connectivity index (χ1v) is 16.3. The van der Waals surface area contributed by atoms with E-state index in [1.807, 2.05) is 55.5 Å². The molecule has 0 aromatic heterocycles. The fraction of sp³-hybridized carbons (Fsp3) is 0.576. The van der Waals surface area contributed by atoms with E-state index in [2.05, 4.69) is 67.5 Å². The topological polar surface area (TPSA) is 46.6 Å². The molecule has 2 rings (SSSR count). The number of hydrogen-bond acceptors (Lipinski definition) is 3. The molecule has 2 aromatic rings. The zero-order valence-corrected chi connectivity index (χ0v) is 26.5. The van der Waals surface area contributed by atoms with Gasteiger partial charge in [-0.2, -0.15) is 0 Å². The van der Waals surface area contributed by atoms with Crippen LogP contribution in [0.4, 0.5) is 0 Å². The highest BCUT2D eigenvalue weighted by Gasteiger charge is 2.58. The van der Waals surface area contributed by atoms with E-state index < -0.39 is 14.4 Å². The zero-order valence-electron chi connectivity index (χ0n) is 25.5. The number of hydrogen-bond donors (Lipinski definition) is 0. The van der Waals surface area contributed by atoms with E-state index in [0.29, 0.717) is 25.2 Å². The van der Waals surface area contributed by atoms with Gasteiger partial charge in [0.25, 0.3) is 8.32 Å². The summed E-state index contributed by atoms with van der Waals surface area (Å²) in [7, 11) is -0.887. The maximum absolute atomic E-state index is 14.3. The van der Waals surface area contributed by atoms with Gasteiger partial charge in [-0.1, -0.05) is 123 Å². The van der Waals surface area contributed by atoms with Crippen LogP contribution in [0.15, 0.2) is 60.7 Å². The van der Waals surface area contributed by atoms with Crippen LogP contribution in [0.3, 0.4) is 0 Å². The lowest BCUT2D eigenvalue weighted by Crippen LogP contribution is -2.59. The van der Waals surface area contributed by atoms with Crippen LogP contribution < -0.4 is 0 Å². The Hall–Kier alpha value is -2.40. The second-order valence-corrected chi connectivity index (χ2v) is 18.6. The summed E-state index contributed by atoms with van der Waals surface area (Å²) < 4.78 is 6.82. The lowest BCUT2D eigenvalue weighted by atomic mass is 9.94. The van der Waals surface area contributed by atoms with E-state index in [9.17, 15) is 9.59 Å². The Bertz CT molecular complexity index is 1010. The minimum atomic E-state index is -2.67. The molecule has 0 aliphatic heterocycles. The molecule has 0 heterocycles. The lowest BCUT2D eigenvalue weighted by molar-refractivity contribution is -0.150. The van der Waals surface area contributed by atoms with Crippen molar-refractivity contribution in [3.63, 3.8) is 0 Å². The van der Waals surface area contributed by atoms with Crippen molar-refractivity contribution in [2.75, 3.05) is 7.05 Å². The Morgan fingerprint density at radius 3 is 1.66 bits per heavy atom. The summed E-state index contributed by atoms with van der Waals surface area (Å²) in [5.74, 6) is -0.0696. The molecule has 210 valence electrons. The Kier molecular flexibility index (Phi) is 11.0. The first kappa shape index (κ1) is 31.8. The van der Waals surface area contributed by atoms with Gasteiger partial charge in [-0.25, -0.2) is 0 Å². The fourth-order valence-electron chi connectivity index (χ4n) is 5.86. The number of likely N-dealkylation sites (N-methyl/N-ethyl adjacent to an activating group) is 1. The molecule has 2 aromatic carbocycles. The highest BCUT2D eigenvalue weighted by Crippen LogP contribution is 2.55. The highest BCUT2D eigenvalue weighted by atomic mass is 28.4. The van der Waals surface area contributed by atoms with Gasteiger partial charge in [0.15, 0.2) is 0 Å². The van der Waals surface area contributed by atoms with Crippen LogP contribution in [0.2, 0.25) is 16.1 Å². The Balaban J connectivity index is 2.48. The quantitative estimate of drug-likeness (QED) is 0.272. The molecule has 0 saturated heterocycles. The molecule has 1 amide bonds. The maximum Gasteiger partial charge on any atom is 0.315 e.